The highest BCUT2D eigenvalue weighted by Gasteiger charge is 2.63. The van der Waals surface area contributed by atoms with E-state index in [1.807, 2.05) is 0 Å². The third-order valence-corrected chi connectivity index (χ3v) is 4.33. The monoisotopic (exact) mass is 240 g/mol. The van der Waals surface area contributed by atoms with Gasteiger partial charge in [0, 0.05) is 6.61 Å². The van der Waals surface area contributed by atoms with Crippen molar-refractivity contribution in [2.24, 2.45) is 5.41 Å². The number of hydrogen-bond acceptors (Lipinski definition) is 3. The van der Waals surface area contributed by atoms with Crippen LogP contribution in [0.25, 0.3) is 0 Å². The van der Waals surface area contributed by atoms with Gasteiger partial charge in [-0.2, -0.15) is 0 Å². The molecule has 3 heteroatoms. The lowest BCUT2D eigenvalue weighted by Crippen LogP contribution is -2.41. The maximum Gasteiger partial charge on any atom is 0.158 e. The molecule has 1 saturated carbocycles. The summed E-state index contributed by atoms with van der Waals surface area (Å²) in [5, 5.41) is 0. The summed E-state index contributed by atoms with van der Waals surface area (Å²) in [7, 11) is 0. The molecule has 0 aromatic rings. The topological polar surface area (TPSA) is 31.0 Å². The maximum absolute atomic E-state index is 6.14. The lowest BCUT2D eigenvalue weighted by Gasteiger charge is -2.37. The second kappa shape index (κ2) is 3.94. The van der Waals surface area contributed by atoms with Gasteiger partial charge < -0.3 is 14.2 Å². The first kappa shape index (κ1) is 11.9. The van der Waals surface area contributed by atoms with Gasteiger partial charge in [-0.1, -0.05) is 13.8 Å². The number of epoxide rings is 1. The van der Waals surface area contributed by atoms with Crippen LogP contribution in [0.2, 0.25) is 0 Å². The minimum absolute atomic E-state index is 0.0103. The molecule has 0 aromatic carbocycles. The molecule has 4 atom stereocenters. The fourth-order valence-corrected chi connectivity index (χ4v) is 3.67. The largest absolute Gasteiger partial charge is 0.364 e. The van der Waals surface area contributed by atoms with E-state index < -0.39 is 0 Å². The molecule has 2 heterocycles. The molecular weight excluding hydrogens is 216 g/mol. The lowest BCUT2D eigenvalue weighted by molar-refractivity contribution is -0.199. The summed E-state index contributed by atoms with van der Waals surface area (Å²) in [6, 6.07) is 0. The van der Waals surface area contributed by atoms with Gasteiger partial charge in [-0.3, -0.25) is 0 Å². The van der Waals surface area contributed by atoms with E-state index in [4.69, 9.17) is 14.2 Å². The Hall–Kier alpha value is -0.120. The smallest absolute Gasteiger partial charge is 0.158 e. The Morgan fingerprint density at radius 2 is 2.00 bits per heavy atom. The number of ether oxygens (including phenoxy) is 3. The van der Waals surface area contributed by atoms with E-state index >= 15 is 0 Å². The van der Waals surface area contributed by atoms with E-state index in [0.717, 1.165) is 25.9 Å². The molecule has 0 spiro atoms. The Kier molecular flexibility index (Phi) is 2.77. The Morgan fingerprint density at radius 1 is 1.18 bits per heavy atom. The molecule has 2 aliphatic heterocycles. The maximum atomic E-state index is 6.14. The molecule has 0 N–H and O–H groups in total. The van der Waals surface area contributed by atoms with Crippen LogP contribution in [0.3, 0.4) is 0 Å². The Balaban J connectivity index is 1.62. The van der Waals surface area contributed by atoms with Gasteiger partial charge >= 0.3 is 0 Å². The SMILES string of the molecule is CC1(C)CC(OC2CCCCO2)C2OC2(C)C1. The van der Waals surface area contributed by atoms with E-state index in [0.29, 0.717) is 11.5 Å². The van der Waals surface area contributed by atoms with Gasteiger partial charge in [0.15, 0.2) is 6.29 Å². The third-order valence-electron chi connectivity index (χ3n) is 4.33. The molecule has 0 amide bonds. The minimum atomic E-state index is 0.0103. The molecule has 1 aliphatic carbocycles. The van der Waals surface area contributed by atoms with Crippen LogP contribution in [0.1, 0.15) is 52.9 Å². The molecule has 0 radical (unpaired) electrons. The molecule has 3 aliphatic rings. The highest BCUT2D eigenvalue weighted by atomic mass is 16.7. The van der Waals surface area contributed by atoms with E-state index in [-0.39, 0.29) is 18.0 Å². The van der Waals surface area contributed by atoms with Gasteiger partial charge in [0.1, 0.15) is 6.10 Å². The molecule has 17 heavy (non-hydrogen) atoms. The summed E-state index contributed by atoms with van der Waals surface area (Å²) in [6.07, 6.45) is 6.23. The average molecular weight is 240 g/mol. The van der Waals surface area contributed by atoms with Crippen molar-refractivity contribution in [2.75, 3.05) is 6.61 Å². The van der Waals surface area contributed by atoms with Crippen molar-refractivity contribution in [1.29, 1.82) is 0 Å². The Morgan fingerprint density at radius 3 is 2.71 bits per heavy atom. The van der Waals surface area contributed by atoms with Crippen LogP contribution in [0.5, 0.6) is 0 Å². The standard InChI is InChI=1S/C14H24O3/c1-13(2)8-10(12-14(3,9-13)17-12)16-11-6-4-5-7-15-11/h10-12H,4-9H2,1-3H3. The predicted octanol–water partition coefficient (Wildman–Crippen LogP) is 2.88. The Bertz CT molecular complexity index is 293. The van der Waals surface area contributed by atoms with Crippen LogP contribution in [-0.2, 0) is 14.2 Å². The average Bonchev–Trinajstić information content (AvgIpc) is 2.89. The lowest BCUT2D eigenvalue weighted by atomic mass is 9.71. The van der Waals surface area contributed by atoms with Gasteiger partial charge in [-0.25, -0.2) is 0 Å². The molecule has 3 fully saturated rings. The normalized spacial score (nSPS) is 48.5. The van der Waals surface area contributed by atoms with Crippen molar-refractivity contribution < 1.29 is 14.2 Å². The fraction of sp³-hybridized carbons (Fsp3) is 1.00. The van der Waals surface area contributed by atoms with Crippen LogP contribution in [0.4, 0.5) is 0 Å². The van der Waals surface area contributed by atoms with Gasteiger partial charge in [-0.15, -0.1) is 0 Å². The van der Waals surface area contributed by atoms with E-state index in [1.165, 1.54) is 12.8 Å². The van der Waals surface area contributed by atoms with Gasteiger partial charge in [0.25, 0.3) is 0 Å². The molecule has 2 saturated heterocycles. The molecule has 4 unspecified atom stereocenters. The van der Waals surface area contributed by atoms with Crippen molar-refractivity contribution in [3.63, 3.8) is 0 Å². The molecular formula is C14H24O3. The van der Waals surface area contributed by atoms with Crippen LogP contribution < -0.4 is 0 Å². The number of fused-ring (bicyclic) bond motifs is 1. The summed E-state index contributed by atoms with van der Waals surface area (Å²) in [5.74, 6) is 0. The highest BCUT2D eigenvalue weighted by molar-refractivity contribution is 5.11. The van der Waals surface area contributed by atoms with E-state index in [1.54, 1.807) is 0 Å². The first-order chi connectivity index (χ1) is 7.99. The highest BCUT2D eigenvalue weighted by Crippen LogP contribution is 2.55. The summed E-state index contributed by atoms with van der Waals surface area (Å²) in [5.41, 5.74) is 0.391. The molecule has 0 aromatic heterocycles. The number of rotatable bonds is 2. The van der Waals surface area contributed by atoms with Crippen LogP contribution in [0.15, 0.2) is 0 Å². The molecule has 0 bridgehead atoms. The fourth-order valence-electron chi connectivity index (χ4n) is 3.67. The van der Waals surface area contributed by atoms with Crippen molar-refractivity contribution in [2.45, 2.75) is 77.0 Å². The van der Waals surface area contributed by atoms with Crippen molar-refractivity contribution in [3.8, 4) is 0 Å². The van der Waals surface area contributed by atoms with Gasteiger partial charge in [0.05, 0.1) is 11.7 Å². The summed E-state index contributed by atoms with van der Waals surface area (Å²) < 4.78 is 17.7. The summed E-state index contributed by atoms with van der Waals surface area (Å²) >= 11 is 0. The zero-order valence-corrected chi connectivity index (χ0v) is 11.2. The first-order valence-corrected chi connectivity index (χ1v) is 6.93. The van der Waals surface area contributed by atoms with Crippen molar-refractivity contribution in [1.82, 2.24) is 0 Å². The van der Waals surface area contributed by atoms with Crippen molar-refractivity contribution in [3.05, 3.63) is 0 Å². The van der Waals surface area contributed by atoms with E-state index in [2.05, 4.69) is 20.8 Å². The van der Waals surface area contributed by atoms with Crippen LogP contribution >= 0.6 is 0 Å². The zero-order chi connectivity index (χ0) is 12.1. The van der Waals surface area contributed by atoms with Gasteiger partial charge in [0.2, 0.25) is 0 Å². The van der Waals surface area contributed by atoms with Crippen LogP contribution in [0, 0.1) is 5.41 Å². The van der Waals surface area contributed by atoms with Gasteiger partial charge in [-0.05, 0) is 44.4 Å². The van der Waals surface area contributed by atoms with Crippen LogP contribution in [-0.4, -0.2) is 30.7 Å². The summed E-state index contributed by atoms with van der Waals surface area (Å²) in [4.78, 5) is 0. The second-order valence-corrected chi connectivity index (χ2v) is 6.87. The quantitative estimate of drug-likeness (QED) is 0.695. The second-order valence-electron chi connectivity index (χ2n) is 6.87. The zero-order valence-electron chi connectivity index (χ0n) is 11.2. The number of hydrogen-bond donors (Lipinski definition) is 0. The minimum Gasteiger partial charge on any atom is -0.364 e. The van der Waals surface area contributed by atoms with Crippen molar-refractivity contribution >= 4 is 0 Å². The predicted molar refractivity (Wildman–Crippen MR) is 64.8 cm³/mol. The molecule has 3 rings (SSSR count). The Labute approximate surface area is 104 Å². The van der Waals surface area contributed by atoms with E-state index in [9.17, 15) is 0 Å². The first-order valence-electron chi connectivity index (χ1n) is 6.93. The molecule has 98 valence electrons. The third kappa shape index (κ3) is 2.38. The summed E-state index contributed by atoms with van der Waals surface area (Å²) in [6.45, 7) is 7.70. The molecule has 3 nitrogen and oxygen atoms in total.